The number of amidine groups is 2. The van der Waals surface area contributed by atoms with E-state index in [2.05, 4.69) is 108 Å². The molecule has 1 unspecified atom stereocenters. The van der Waals surface area contributed by atoms with Crippen LogP contribution in [0.3, 0.4) is 0 Å². The number of hydrogen-bond acceptors (Lipinski definition) is 5. The summed E-state index contributed by atoms with van der Waals surface area (Å²) < 4.78 is 6.26. The molecule has 5 nitrogen and oxygen atoms in total. The quantitative estimate of drug-likeness (QED) is 0.197. The van der Waals surface area contributed by atoms with Crippen LogP contribution in [-0.4, -0.2) is 16.7 Å². The summed E-state index contributed by atoms with van der Waals surface area (Å²) in [5.74, 6) is 1.41. The van der Waals surface area contributed by atoms with Gasteiger partial charge in [0, 0.05) is 44.6 Å². The average molecular weight is 629 g/mol. The molecule has 3 heterocycles. The molecule has 9 aromatic rings. The van der Waals surface area contributed by atoms with Gasteiger partial charge in [-0.1, -0.05) is 133 Å². The number of pyridine rings is 1. The lowest BCUT2D eigenvalue weighted by atomic mass is 9.92. The summed E-state index contributed by atoms with van der Waals surface area (Å²) in [6.45, 7) is 0. The van der Waals surface area contributed by atoms with Crippen molar-refractivity contribution >= 4 is 65.9 Å². The van der Waals surface area contributed by atoms with Gasteiger partial charge in [-0.05, 0) is 45.1 Å². The molecule has 10 rings (SSSR count). The van der Waals surface area contributed by atoms with Gasteiger partial charge in [-0.25, -0.2) is 9.98 Å². The maximum Gasteiger partial charge on any atom is 0.160 e. The van der Waals surface area contributed by atoms with Crippen molar-refractivity contribution < 1.29 is 4.42 Å². The summed E-state index contributed by atoms with van der Waals surface area (Å²) in [6.07, 6.45) is 1.48. The molecule has 49 heavy (non-hydrogen) atoms. The van der Waals surface area contributed by atoms with Crippen LogP contribution in [0.5, 0.6) is 0 Å². The average Bonchev–Trinajstić information content (AvgIpc) is 3.56. The van der Waals surface area contributed by atoms with Gasteiger partial charge in [0.1, 0.15) is 23.2 Å². The molecule has 7 aromatic carbocycles. The molecule has 1 N–H and O–H groups in total. The van der Waals surface area contributed by atoms with Gasteiger partial charge in [-0.3, -0.25) is 4.98 Å². The Labute approximate surface area is 281 Å². The number of furan rings is 1. The lowest BCUT2D eigenvalue weighted by molar-refractivity contribution is 0.668. The van der Waals surface area contributed by atoms with E-state index in [0.29, 0.717) is 5.84 Å². The van der Waals surface area contributed by atoms with E-state index < -0.39 is 6.17 Å². The second-order valence-corrected chi connectivity index (χ2v) is 12.4. The van der Waals surface area contributed by atoms with Crippen LogP contribution in [0.1, 0.15) is 22.9 Å². The highest BCUT2D eigenvalue weighted by molar-refractivity contribution is 6.22. The lowest BCUT2D eigenvalue weighted by Gasteiger charge is -2.25. The maximum absolute atomic E-state index is 6.26. The summed E-state index contributed by atoms with van der Waals surface area (Å²) in [6, 6.07) is 52.5. The van der Waals surface area contributed by atoms with Gasteiger partial charge in [0.25, 0.3) is 0 Å². The molecule has 230 valence electrons. The molecule has 0 saturated carbocycles. The van der Waals surface area contributed by atoms with Crippen LogP contribution in [0.25, 0.3) is 65.5 Å². The van der Waals surface area contributed by atoms with E-state index in [-0.39, 0.29) is 0 Å². The van der Waals surface area contributed by atoms with Gasteiger partial charge >= 0.3 is 0 Å². The fraction of sp³-hybridized carbons (Fsp3) is 0.0227. The molecule has 2 aromatic heterocycles. The standard InChI is InChI=1S/C44H28N4O/c1-2-12-29(13-3-1)42-46-43(48-44(47-42)36-18-10-20-38-40(36)35-17-8-9-19-37(35)49-38)34-16-7-6-15-33(34)41-39-28(25-26-45-41)22-23-31-30-14-5-4-11-27(30)21-24-32(31)39/h1-26,43H,(H,46,47,48). The van der Waals surface area contributed by atoms with Crippen molar-refractivity contribution in [3.05, 3.63) is 175 Å². The third-order valence-electron chi connectivity index (χ3n) is 9.60. The highest BCUT2D eigenvalue weighted by Gasteiger charge is 2.26. The first-order valence-corrected chi connectivity index (χ1v) is 16.5. The summed E-state index contributed by atoms with van der Waals surface area (Å²) in [4.78, 5) is 15.6. The van der Waals surface area contributed by atoms with E-state index >= 15 is 0 Å². The first-order chi connectivity index (χ1) is 24.3. The number of nitrogens with zero attached hydrogens (tertiary/aromatic N) is 3. The zero-order valence-electron chi connectivity index (χ0n) is 26.3. The van der Waals surface area contributed by atoms with Crippen molar-refractivity contribution in [2.24, 2.45) is 9.98 Å². The molecule has 0 aliphatic carbocycles. The number of nitrogens with one attached hydrogen (secondary N) is 1. The molecule has 0 radical (unpaired) electrons. The van der Waals surface area contributed by atoms with Crippen molar-refractivity contribution in [2.45, 2.75) is 6.17 Å². The minimum Gasteiger partial charge on any atom is -0.456 e. The van der Waals surface area contributed by atoms with Crippen LogP contribution >= 0.6 is 0 Å². The highest BCUT2D eigenvalue weighted by atomic mass is 16.3. The van der Waals surface area contributed by atoms with Gasteiger partial charge in [0.05, 0.1) is 5.69 Å². The summed E-state index contributed by atoms with van der Waals surface area (Å²) in [5, 5.41) is 12.9. The van der Waals surface area contributed by atoms with Crippen molar-refractivity contribution in [2.75, 3.05) is 0 Å². The van der Waals surface area contributed by atoms with E-state index in [1.165, 1.54) is 21.5 Å². The Kier molecular flexibility index (Phi) is 6.18. The summed E-state index contributed by atoms with van der Waals surface area (Å²) in [5.41, 5.74) is 6.55. The predicted molar refractivity (Wildman–Crippen MR) is 201 cm³/mol. The molecular weight excluding hydrogens is 601 g/mol. The van der Waals surface area contributed by atoms with E-state index in [4.69, 9.17) is 19.4 Å². The Bertz CT molecular complexity index is 2810. The minimum absolute atomic E-state index is 0.430. The fourth-order valence-electron chi connectivity index (χ4n) is 7.35. The van der Waals surface area contributed by atoms with Crippen LogP contribution in [0.2, 0.25) is 0 Å². The summed E-state index contributed by atoms with van der Waals surface area (Å²) in [7, 11) is 0. The number of para-hydroxylation sites is 1. The number of rotatable bonds is 4. The summed E-state index contributed by atoms with van der Waals surface area (Å²) >= 11 is 0. The van der Waals surface area contributed by atoms with E-state index in [9.17, 15) is 0 Å². The monoisotopic (exact) mass is 628 g/mol. The Balaban J connectivity index is 1.20. The van der Waals surface area contributed by atoms with Crippen LogP contribution in [0.4, 0.5) is 0 Å². The SMILES string of the molecule is c1ccc(C2=NC(c3cccc4oc5ccccc5c34)=NC(c3ccccc3-c3nccc4ccc5c6ccccc6ccc5c34)N2)cc1. The molecule has 1 atom stereocenters. The minimum atomic E-state index is -0.430. The van der Waals surface area contributed by atoms with E-state index in [1.54, 1.807) is 0 Å². The third-order valence-corrected chi connectivity index (χ3v) is 9.60. The number of benzene rings is 7. The first kappa shape index (κ1) is 27.5. The highest BCUT2D eigenvalue weighted by Crippen LogP contribution is 2.39. The predicted octanol–water partition coefficient (Wildman–Crippen LogP) is 10.6. The van der Waals surface area contributed by atoms with Crippen molar-refractivity contribution in [1.29, 1.82) is 0 Å². The number of aromatic nitrogens is 1. The molecule has 1 aliphatic heterocycles. The fourth-order valence-corrected chi connectivity index (χ4v) is 7.35. The smallest absolute Gasteiger partial charge is 0.160 e. The van der Waals surface area contributed by atoms with Gasteiger partial charge in [-0.15, -0.1) is 0 Å². The topological polar surface area (TPSA) is 62.8 Å². The molecule has 0 amide bonds. The van der Waals surface area contributed by atoms with Crippen molar-refractivity contribution in [3.8, 4) is 11.3 Å². The lowest BCUT2D eigenvalue weighted by Crippen LogP contribution is -2.33. The van der Waals surface area contributed by atoms with Gasteiger partial charge < -0.3 is 9.73 Å². The van der Waals surface area contributed by atoms with Gasteiger partial charge in [0.2, 0.25) is 0 Å². The zero-order chi connectivity index (χ0) is 32.3. The molecule has 0 fully saturated rings. The molecule has 1 aliphatic rings. The van der Waals surface area contributed by atoms with Crippen molar-refractivity contribution in [3.63, 3.8) is 0 Å². The number of fused-ring (bicyclic) bond motifs is 8. The molecule has 0 spiro atoms. The molecule has 5 heteroatoms. The zero-order valence-corrected chi connectivity index (χ0v) is 26.3. The molecular formula is C44H28N4O. The first-order valence-electron chi connectivity index (χ1n) is 16.5. The molecule has 0 saturated heterocycles. The van der Waals surface area contributed by atoms with Crippen LogP contribution in [0, 0.1) is 0 Å². The largest absolute Gasteiger partial charge is 0.456 e. The van der Waals surface area contributed by atoms with Gasteiger partial charge in [-0.2, -0.15) is 0 Å². The van der Waals surface area contributed by atoms with E-state index in [0.717, 1.165) is 66.5 Å². The third kappa shape index (κ3) is 4.44. The number of aliphatic imine (C=N–C) groups is 2. The normalized spacial score (nSPS) is 14.7. The van der Waals surface area contributed by atoms with Crippen LogP contribution < -0.4 is 5.32 Å². The van der Waals surface area contributed by atoms with Gasteiger partial charge in [0.15, 0.2) is 5.84 Å². The Morgan fingerprint density at radius 2 is 1.24 bits per heavy atom. The second-order valence-electron chi connectivity index (χ2n) is 12.4. The van der Waals surface area contributed by atoms with Crippen LogP contribution in [0.15, 0.2) is 172 Å². The Morgan fingerprint density at radius 3 is 2.18 bits per heavy atom. The van der Waals surface area contributed by atoms with Crippen LogP contribution in [-0.2, 0) is 0 Å². The maximum atomic E-state index is 6.26. The molecule has 0 bridgehead atoms. The van der Waals surface area contributed by atoms with Crippen molar-refractivity contribution in [1.82, 2.24) is 10.3 Å². The number of hydrogen-bond donors (Lipinski definition) is 1. The van der Waals surface area contributed by atoms with E-state index in [1.807, 2.05) is 54.7 Å². The Morgan fingerprint density at radius 1 is 0.510 bits per heavy atom. The Hall–Kier alpha value is -6.59. The second kappa shape index (κ2) is 11.0.